The smallest absolute Gasteiger partial charge is 0.463 e. The Morgan fingerprint density at radius 1 is 1.62 bits per heavy atom. The molecule has 0 atom stereocenters. The average Bonchev–Trinajstić information content (AvgIpc) is 2.46. The van der Waals surface area contributed by atoms with Crippen LogP contribution in [-0.2, 0) is 4.74 Å². The summed E-state index contributed by atoms with van der Waals surface area (Å²) in [5.41, 5.74) is 0.438. The van der Waals surface area contributed by atoms with E-state index in [2.05, 4.69) is 4.74 Å². The quantitative estimate of drug-likeness (QED) is 0.457. The third-order valence-electron chi connectivity index (χ3n) is 1.56. The largest absolute Gasteiger partial charge is 0.526 e. The number of ether oxygens (including phenoxy) is 1. The van der Waals surface area contributed by atoms with Crippen LogP contribution in [0.15, 0.2) is 10.5 Å². The first-order valence-corrected chi connectivity index (χ1v) is 3.61. The summed E-state index contributed by atoms with van der Waals surface area (Å²) in [4.78, 5) is 11.0. The predicted octanol–water partition coefficient (Wildman–Crippen LogP) is -0.946. The molecule has 0 aromatic carbocycles. The van der Waals surface area contributed by atoms with E-state index in [0.717, 1.165) is 0 Å². The zero-order valence-electron chi connectivity index (χ0n) is 7.27. The molecular weight excluding hydrogens is 175 g/mol. The van der Waals surface area contributed by atoms with E-state index < -0.39 is 13.1 Å². The highest BCUT2D eigenvalue weighted by Gasteiger charge is 2.22. The average molecular weight is 184 g/mol. The summed E-state index contributed by atoms with van der Waals surface area (Å²) in [7, 11) is -0.489. The molecule has 70 valence electrons. The van der Waals surface area contributed by atoms with Crippen molar-refractivity contribution in [2.75, 3.05) is 7.11 Å². The summed E-state index contributed by atoms with van der Waals surface area (Å²) < 4.78 is 9.27. The maximum Gasteiger partial charge on any atom is 0.526 e. The Balaban J connectivity index is 3.03. The Bertz CT molecular complexity index is 317. The highest BCUT2D eigenvalue weighted by Crippen LogP contribution is 2.08. The molecule has 0 aliphatic rings. The SMILES string of the molecule is COC(=O)c1oc(B(O)O)cc1C. The van der Waals surface area contributed by atoms with E-state index in [-0.39, 0.29) is 11.4 Å². The van der Waals surface area contributed by atoms with E-state index in [0.29, 0.717) is 5.56 Å². The van der Waals surface area contributed by atoms with Gasteiger partial charge in [-0.1, -0.05) is 0 Å². The second-order valence-corrected chi connectivity index (χ2v) is 2.53. The van der Waals surface area contributed by atoms with Crippen LogP contribution < -0.4 is 5.66 Å². The molecule has 6 heteroatoms. The van der Waals surface area contributed by atoms with E-state index in [1.807, 2.05) is 0 Å². The van der Waals surface area contributed by atoms with Crippen molar-refractivity contribution >= 4 is 18.7 Å². The lowest BCUT2D eigenvalue weighted by Crippen LogP contribution is -2.28. The highest BCUT2D eigenvalue weighted by molar-refractivity contribution is 6.57. The van der Waals surface area contributed by atoms with E-state index >= 15 is 0 Å². The van der Waals surface area contributed by atoms with Crippen LogP contribution in [0, 0.1) is 6.92 Å². The topological polar surface area (TPSA) is 79.9 Å². The minimum absolute atomic E-state index is 0.00870. The molecule has 0 amide bonds. The lowest BCUT2D eigenvalue weighted by molar-refractivity contribution is 0.0565. The molecule has 0 aliphatic heterocycles. The molecule has 0 bridgehead atoms. The van der Waals surface area contributed by atoms with Crippen molar-refractivity contribution in [3.63, 3.8) is 0 Å². The van der Waals surface area contributed by atoms with Gasteiger partial charge in [0.15, 0.2) is 0 Å². The van der Waals surface area contributed by atoms with E-state index in [4.69, 9.17) is 14.5 Å². The van der Waals surface area contributed by atoms with Crippen molar-refractivity contribution in [1.82, 2.24) is 0 Å². The second kappa shape index (κ2) is 3.63. The molecule has 1 rings (SSSR count). The molecule has 1 heterocycles. The minimum atomic E-state index is -1.71. The van der Waals surface area contributed by atoms with Gasteiger partial charge in [0.1, 0.15) is 5.66 Å². The number of furan rings is 1. The molecular formula is C7H9BO5. The van der Waals surface area contributed by atoms with E-state index in [1.54, 1.807) is 6.92 Å². The number of esters is 1. The normalized spacial score (nSPS) is 9.85. The van der Waals surface area contributed by atoms with Crippen molar-refractivity contribution in [1.29, 1.82) is 0 Å². The molecule has 0 unspecified atom stereocenters. The van der Waals surface area contributed by atoms with Gasteiger partial charge in [0.05, 0.1) is 7.11 Å². The zero-order valence-corrected chi connectivity index (χ0v) is 7.27. The van der Waals surface area contributed by atoms with Gasteiger partial charge < -0.3 is 19.2 Å². The number of carbonyl (C=O) groups excluding carboxylic acids is 1. The van der Waals surface area contributed by atoms with Crippen LogP contribution in [0.5, 0.6) is 0 Å². The molecule has 0 radical (unpaired) electrons. The third kappa shape index (κ3) is 1.91. The summed E-state index contributed by atoms with van der Waals surface area (Å²) in [6.07, 6.45) is 0. The lowest BCUT2D eigenvalue weighted by atomic mass is 9.88. The van der Waals surface area contributed by atoms with Crippen LogP contribution in [0.4, 0.5) is 0 Å². The first-order chi connectivity index (χ1) is 6.06. The van der Waals surface area contributed by atoms with E-state index in [9.17, 15) is 4.79 Å². The first-order valence-electron chi connectivity index (χ1n) is 3.61. The molecule has 0 saturated heterocycles. The zero-order chi connectivity index (χ0) is 10.0. The molecule has 0 saturated carbocycles. The summed E-state index contributed by atoms with van der Waals surface area (Å²) in [5, 5.41) is 17.5. The Labute approximate surface area is 75.1 Å². The number of carbonyl (C=O) groups is 1. The van der Waals surface area contributed by atoms with Gasteiger partial charge >= 0.3 is 13.1 Å². The molecule has 0 aliphatic carbocycles. The Morgan fingerprint density at radius 2 is 2.23 bits per heavy atom. The summed E-state index contributed by atoms with van der Waals surface area (Å²) >= 11 is 0. The summed E-state index contributed by atoms with van der Waals surface area (Å²) in [6, 6.07) is 1.37. The molecule has 13 heavy (non-hydrogen) atoms. The maximum absolute atomic E-state index is 11.0. The van der Waals surface area contributed by atoms with E-state index in [1.165, 1.54) is 13.2 Å². The number of aryl methyl sites for hydroxylation is 1. The number of hydrogen-bond acceptors (Lipinski definition) is 5. The number of methoxy groups -OCH3 is 1. The molecule has 0 spiro atoms. The van der Waals surface area contributed by atoms with Crippen molar-refractivity contribution in [3.8, 4) is 0 Å². The van der Waals surface area contributed by atoms with Crippen molar-refractivity contribution in [2.24, 2.45) is 0 Å². The van der Waals surface area contributed by atoms with Gasteiger partial charge in [0.2, 0.25) is 5.76 Å². The van der Waals surface area contributed by atoms with Gasteiger partial charge in [0, 0.05) is 5.56 Å². The van der Waals surface area contributed by atoms with Gasteiger partial charge in [-0.25, -0.2) is 4.79 Å². The van der Waals surface area contributed by atoms with Crippen molar-refractivity contribution < 1.29 is 24.0 Å². The fraction of sp³-hybridized carbons (Fsp3) is 0.286. The van der Waals surface area contributed by atoms with Crippen LogP contribution in [-0.4, -0.2) is 30.2 Å². The first kappa shape index (κ1) is 9.82. The second-order valence-electron chi connectivity index (χ2n) is 2.53. The van der Waals surface area contributed by atoms with Crippen LogP contribution in [0.2, 0.25) is 0 Å². The fourth-order valence-electron chi connectivity index (χ4n) is 0.929. The van der Waals surface area contributed by atoms with Crippen LogP contribution in [0.1, 0.15) is 16.1 Å². The summed E-state index contributed by atoms with van der Waals surface area (Å²) in [6.45, 7) is 1.61. The monoisotopic (exact) mass is 184 g/mol. The molecule has 0 fully saturated rings. The lowest BCUT2D eigenvalue weighted by Gasteiger charge is -1.95. The van der Waals surface area contributed by atoms with Gasteiger partial charge in [0.25, 0.3) is 0 Å². The molecule has 5 nitrogen and oxygen atoms in total. The highest BCUT2D eigenvalue weighted by atomic mass is 16.5. The third-order valence-corrected chi connectivity index (χ3v) is 1.56. The number of hydrogen-bond donors (Lipinski definition) is 2. The Hall–Kier alpha value is -1.27. The molecule has 1 aromatic heterocycles. The molecule has 1 aromatic rings. The predicted molar refractivity (Wildman–Crippen MR) is 44.6 cm³/mol. The van der Waals surface area contributed by atoms with Crippen LogP contribution in [0.25, 0.3) is 0 Å². The van der Waals surface area contributed by atoms with Crippen molar-refractivity contribution in [3.05, 3.63) is 17.4 Å². The van der Waals surface area contributed by atoms with Gasteiger partial charge in [-0.15, -0.1) is 0 Å². The van der Waals surface area contributed by atoms with Gasteiger partial charge in [-0.2, -0.15) is 0 Å². The Kier molecular flexibility index (Phi) is 2.74. The number of rotatable bonds is 2. The Morgan fingerprint density at radius 3 is 2.62 bits per heavy atom. The van der Waals surface area contributed by atoms with Crippen molar-refractivity contribution in [2.45, 2.75) is 6.92 Å². The van der Waals surface area contributed by atoms with Crippen LogP contribution in [0.3, 0.4) is 0 Å². The van der Waals surface area contributed by atoms with Gasteiger partial charge in [-0.3, -0.25) is 0 Å². The maximum atomic E-state index is 11.0. The summed E-state index contributed by atoms with van der Waals surface area (Å²) in [5.74, 6) is -0.644. The standard InChI is InChI=1S/C7H9BO5/c1-4-3-5(8(10)11)13-6(4)7(9)12-2/h3,10-11H,1-2H3. The fourth-order valence-corrected chi connectivity index (χ4v) is 0.929. The minimum Gasteiger partial charge on any atom is -0.463 e. The van der Waals surface area contributed by atoms with Gasteiger partial charge in [-0.05, 0) is 13.0 Å². The van der Waals surface area contributed by atoms with Crippen LogP contribution >= 0.6 is 0 Å². The molecule has 2 N–H and O–H groups in total.